The van der Waals surface area contributed by atoms with Crippen molar-refractivity contribution in [3.63, 3.8) is 0 Å². The number of benzene rings is 2. The molecule has 38 heavy (non-hydrogen) atoms. The molecule has 10 heteroatoms. The van der Waals surface area contributed by atoms with Gasteiger partial charge in [0.05, 0.1) is 12.1 Å². The predicted octanol–water partition coefficient (Wildman–Crippen LogP) is 6.32. The van der Waals surface area contributed by atoms with Gasteiger partial charge in [0, 0.05) is 29.3 Å². The monoisotopic (exact) mass is 529 g/mol. The zero-order valence-electron chi connectivity index (χ0n) is 20.9. The normalized spacial score (nSPS) is 13.1. The van der Waals surface area contributed by atoms with Crippen molar-refractivity contribution in [2.45, 2.75) is 26.3 Å². The number of allylic oxidation sites excluding steroid dienone is 4. The quantitative estimate of drug-likeness (QED) is 0.244. The van der Waals surface area contributed by atoms with Gasteiger partial charge in [-0.1, -0.05) is 43.0 Å². The summed E-state index contributed by atoms with van der Waals surface area (Å²) in [6.07, 6.45) is 0.144. The summed E-state index contributed by atoms with van der Waals surface area (Å²) in [5.41, 5.74) is 2.01. The van der Waals surface area contributed by atoms with E-state index in [4.69, 9.17) is 9.47 Å². The Kier molecular flexibility index (Phi) is 8.80. The van der Waals surface area contributed by atoms with Crippen molar-refractivity contribution in [2.24, 2.45) is 0 Å². The number of halogens is 3. The van der Waals surface area contributed by atoms with E-state index in [2.05, 4.69) is 11.3 Å². The molecule has 0 radical (unpaired) electrons. The van der Waals surface area contributed by atoms with Crippen molar-refractivity contribution in [1.82, 2.24) is 4.57 Å². The molecular weight excluding hydrogens is 503 g/mol. The standard InChI is InChI=1S/C28H26F3NO6/c1-5-8-19(10-7-14-36-4)26(33)32-17(2)25(20-9-6-11-21(15-20)37-18(3)27(34)35)23-16-22(12-13-24(23)32)38-28(29,30)31/h5-13,15-16,18H,1,14H2,2-4H3,(H,34,35)/b10-7-,19-8+/t18-/m0/s1. The predicted molar refractivity (Wildman–Crippen MR) is 136 cm³/mol. The van der Waals surface area contributed by atoms with E-state index in [0.29, 0.717) is 27.7 Å². The van der Waals surface area contributed by atoms with E-state index in [1.807, 2.05) is 0 Å². The van der Waals surface area contributed by atoms with Crippen LogP contribution in [-0.2, 0) is 9.53 Å². The molecule has 0 fully saturated rings. The molecule has 1 atom stereocenters. The summed E-state index contributed by atoms with van der Waals surface area (Å²) in [5, 5.41) is 9.50. The lowest BCUT2D eigenvalue weighted by Gasteiger charge is -2.12. The summed E-state index contributed by atoms with van der Waals surface area (Å²) in [5.74, 6) is -1.82. The number of nitrogens with zero attached hydrogens (tertiary/aromatic N) is 1. The lowest BCUT2D eigenvalue weighted by atomic mass is 10.0. The number of aromatic nitrogens is 1. The average molecular weight is 530 g/mol. The zero-order valence-corrected chi connectivity index (χ0v) is 20.9. The lowest BCUT2D eigenvalue weighted by molar-refractivity contribution is -0.274. The van der Waals surface area contributed by atoms with E-state index in [-0.39, 0.29) is 17.9 Å². The van der Waals surface area contributed by atoms with E-state index in [1.54, 1.807) is 43.3 Å². The number of methoxy groups -OCH3 is 1. The number of carbonyl (C=O) groups is 2. The fraction of sp³-hybridized carbons (Fsp3) is 0.214. The minimum atomic E-state index is -4.91. The summed E-state index contributed by atoms with van der Waals surface area (Å²) in [6.45, 7) is 6.95. The van der Waals surface area contributed by atoms with Crippen LogP contribution in [-0.4, -0.2) is 47.7 Å². The lowest BCUT2D eigenvalue weighted by Crippen LogP contribution is -2.22. The first-order valence-corrected chi connectivity index (χ1v) is 11.4. The molecule has 1 aromatic heterocycles. The number of rotatable bonds is 10. The third-order valence-corrected chi connectivity index (χ3v) is 5.50. The molecule has 1 N–H and O–H groups in total. The van der Waals surface area contributed by atoms with Crippen LogP contribution in [0.5, 0.6) is 11.5 Å². The van der Waals surface area contributed by atoms with Crippen molar-refractivity contribution >= 4 is 22.8 Å². The molecule has 7 nitrogen and oxygen atoms in total. The van der Waals surface area contributed by atoms with Crippen molar-refractivity contribution in [3.05, 3.63) is 84.6 Å². The highest BCUT2D eigenvalue weighted by molar-refractivity contribution is 6.09. The number of hydrogen-bond acceptors (Lipinski definition) is 5. The van der Waals surface area contributed by atoms with Crippen LogP contribution < -0.4 is 9.47 Å². The third kappa shape index (κ3) is 6.51. The fourth-order valence-corrected chi connectivity index (χ4v) is 3.93. The van der Waals surface area contributed by atoms with Crippen LogP contribution in [0, 0.1) is 6.92 Å². The number of carbonyl (C=O) groups excluding carboxylic acids is 1. The molecule has 2 aromatic carbocycles. The molecule has 0 aliphatic rings. The number of carboxylic acids is 1. The van der Waals surface area contributed by atoms with Gasteiger partial charge in [0.25, 0.3) is 5.91 Å². The molecule has 0 aliphatic heterocycles. The number of aliphatic carboxylic acids is 1. The highest BCUT2D eigenvalue weighted by Crippen LogP contribution is 2.39. The van der Waals surface area contributed by atoms with Crippen molar-refractivity contribution in [2.75, 3.05) is 13.7 Å². The topological polar surface area (TPSA) is 87.0 Å². The van der Waals surface area contributed by atoms with Gasteiger partial charge >= 0.3 is 12.3 Å². The van der Waals surface area contributed by atoms with Crippen LogP contribution in [0.1, 0.15) is 17.4 Å². The SMILES string of the molecule is C=C/C=C(\C=C/COC)C(=O)n1c(C)c(-c2cccc(O[C@@H](C)C(=O)O)c2)c2cc(OC(F)(F)F)ccc21. The van der Waals surface area contributed by atoms with Gasteiger partial charge in [-0.3, -0.25) is 9.36 Å². The highest BCUT2D eigenvalue weighted by atomic mass is 19.4. The summed E-state index contributed by atoms with van der Waals surface area (Å²) in [7, 11) is 1.51. The Balaban J connectivity index is 2.25. The minimum Gasteiger partial charge on any atom is -0.479 e. The summed E-state index contributed by atoms with van der Waals surface area (Å²) in [6, 6.07) is 10.1. The summed E-state index contributed by atoms with van der Waals surface area (Å²) >= 11 is 0. The number of hydrogen-bond donors (Lipinski definition) is 1. The second-order valence-corrected chi connectivity index (χ2v) is 8.17. The largest absolute Gasteiger partial charge is 0.573 e. The van der Waals surface area contributed by atoms with Crippen LogP contribution in [0.15, 0.2) is 78.9 Å². The van der Waals surface area contributed by atoms with E-state index in [1.165, 1.54) is 42.9 Å². The maximum atomic E-state index is 13.7. The van der Waals surface area contributed by atoms with Crippen molar-refractivity contribution < 1.29 is 42.1 Å². The molecule has 0 spiro atoms. The molecule has 0 bridgehead atoms. The first kappa shape index (κ1) is 28.3. The van der Waals surface area contributed by atoms with E-state index < -0.39 is 30.1 Å². The van der Waals surface area contributed by atoms with E-state index in [9.17, 15) is 27.9 Å². The molecule has 1 heterocycles. The van der Waals surface area contributed by atoms with Crippen LogP contribution in [0.4, 0.5) is 13.2 Å². The van der Waals surface area contributed by atoms with Crippen molar-refractivity contribution in [3.8, 4) is 22.6 Å². The molecule has 0 unspecified atom stereocenters. The first-order chi connectivity index (χ1) is 18.0. The van der Waals surface area contributed by atoms with Crippen LogP contribution >= 0.6 is 0 Å². The molecule has 3 aromatic rings. The molecule has 3 rings (SSSR count). The Morgan fingerprint density at radius 3 is 2.53 bits per heavy atom. The number of alkyl halides is 3. The Labute approximate surface area is 217 Å². The van der Waals surface area contributed by atoms with Gasteiger partial charge in [-0.05, 0) is 49.7 Å². The highest BCUT2D eigenvalue weighted by Gasteiger charge is 2.32. The second-order valence-electron chi connectivity index (χ2n) is 8.17. The number of ether oxygens (including phenoxy) is 3. The van der Waals surface area contributed by atoms with Crippen molar-refractivity contribution in [1.29, 1.82) is 0 Å². The number of fused-ring (bicyclic) bond motifs is 1. The Hall–Kier alpha value is -4.31. The number of carboxylic acid groups (broad SMARTS) is 1. The minimum absolute atomic E-state index is 0.237. The van der Waals surface area contributed by atoms with Gasteiger partial charge < -0.3 is 19.3 Å². The molecule has 0 saturated carbocycles. The smallest absolute Gasteiger partial charge is 0.479 e. The maximum absolute atomic E-state index is 13.7. The van der Waals surface area contributed by atoms with E-state index >= 15 is 0 Å². The van der Waals surface area contributed by atoms with Gasteiger partial charge in [-0.25, -0.2) is 4.79 Å². The third-order valence-electron chi connectivity index (χ3n) is 5.50. The maximum Gasteiger partial charge on any atom is 0.573 e. The van der Waals surface area contributed by atoms with Gasteiger partial charge in [0.1, 0.15) is 11.5 Å². The van der Waals surface area contributed by atoms with E-state index in [0.717, 1.165) is 6.07 Å². The van der Waals surface area contributed by atoms with Gasteiger partial charge in [0.2, 0.25) is 0 Å². The van der Waals surface area contributed by atoms with Gasteiger partial charge in [-0.2, -0.15) is 0 Å². The molecule has 200 valence electrons. The Bertz CT molecular complexity index is 1420. The van der Waals surface area contributed by atoms with Crippen LogP contribution in [0.3, 0.4) is 0 Å². The van der Waals surface area contributed by atoms with Gasteiger partial charge in [-0.15, -0.1) is 13.2 Å². The summed E-state index contributed by atoms with van der Waals surface area (Å²) < 4.78 is 54.9. The summed E-state index contributed by atoms with van der Waals surface area (Å²) in [4.78, 5) is 24.9. The Morgan fingerprint density at radius 2 is 1.89 bits per heavy atom. The molecule has 0 amide bonds. The zero-order chi connectivity index (χ0) is 28.0. The van der Waals surface area contributed by atoms with Crippen LogP contribution in [0.2, 0.25) is 0 Å². The van der Waals surface area contributed by atoms with Crippen LogP contribution in [0.25, 0.3) is 22.0 Å². The first-order valence-electron chi connectivity index (χ1n) is 11.4. The molecular formula is C28H26F3NO6. The molecule has 0 saturated heterocycles. The molecule has 0 aliphatic carbocycles. The fourth-order valence-electron chi connectivity index (χ4n) is 3.93. The second kappa shape index (κ2) is 11.8. The Morgan fingerprint density at radius 1 is 1.16 bits per heavy atom. The average Bonchev–Trinajstić information content (AvgIpc) is 3.13. The van der Waals surface area contributed by atoms with Gasteiger partial charge in [0.15, 0.2) is 6.10 Å².